The van der Waals surface area contributed by atoms with E-state index in [1.807, 2.05) is 22.8 Å². The molecule has 1 N–H and O–H groups in total. The van der Waals surface area contributed by atoms with Gasteiger partial charge >= 0.3 is 5.69 Å². The van der Waals surface area contributed by atoms with Crippen LogP contribution in [-0.4, -0.2) is 35.0 Å². The molecule has 0 aliphatic rings. The molecule has 178 valence electrons. The lowest BCUT2D eigenvalue weighted by atomic mass is 9.98. The third-order valence-corrected chi connectivity index (χ3v) is 6.07. The van der Waals surface area contributed by atoms with Gasteiger partial charge in [0.25, 0.3) is 0 Å². The molecule has 0 saturated heterocycles. The Hall–Kier alpha value is -3.55. The second kappa shape index (κ2) is 11.5. The summed E-state index contributed by atoms with van der Waals surface area (Å²) in [6.45, 7) is 5.47. The van der Waals surface area contributed by atoms with Crippen molar-refractivity contribution in [2.45, 2.75) is 71.9 Å². The number of tetrazole rings is 1. The van der Waals surface area contributed by atoms with Crippen LogP contribution in [0.25, 0.3) is 22.5 Å². The Morgan fingerprint density at radius 3 is 2.35 bits per heavy atom. The smallest absolute Gasteiger partial charge is 0.274 e. The van der Waals surface area contributed by atoms with Crippen molar-refractivity contribution in [1.29, 1.82) is 0 Å². The van der Waals surface area contributed by atoms with Crippen LogP contribution < -0.4 is 5.69 Å². The predicted octanol–water partition coefficient (Wildman–Crippen LogP) is 4.86. The standard InChI is InChI=1S/C26H33N7O/c1-3-5-6-7-8-13-24-29-33(18-4-2)26(34)32(24)19-20-14-16-21(17-15-20)22-11-9-10-12-23(22)25-27-30-31-28-25/h9-12,14-17H,3-8,13,18-19H2,1-2H3,(H,27,28,30,31). The van der Waals surface area contributed by atoms with Gasteiger partial charge in [-0.2, -0.15) is 5.10 Å². The topological polar surface area (TPSA) is 94.3 Å². The summed E-state index contributed by atoms with van der Waals surface area (Å²) in [5, 5.41) is 19.0. The molecule has 8 nitrogen and oxygen atoms in total. The number of hydrogen-bond acceptors (Lipinski definition) is 5. The van der Waals surface area contributed by atoms with Crippen molar-refractivity contribution in [1.82, 2.24) is 35.0 Å². The predicted molar refractivity (Wildman–Crippen MR) is 133 cm³/mol. The van der Waals surface area contributed by atoms with E-state index in [9.17, 15) is 4.79 Å². The SMILES string of the molecule is CCCCCCCc1nn(CCC)c(=O)n1Cc1ccc(-c2ccccc2-c2nnn[nH]2)cc1. The molecule has 0 bridgehead atoms. The Morgan fingerprint density at radius 1 is 0.882 bits per heavy atom. The molecule has 2 heterocycles. The summed E-state index contributed by atoms with van der Waals surface area (Å²) in [5.41, 5.74) is 4.13. The monoisotopic (exact) mass is 459 g/mol. The molecule has 8 heteroatoms. The number of nitrogens with one attached hydrogen (secondary N) is 1. The molecule has 4 rings (SSSR count). The lowest BCUT2D eigenvalue weighted by Gasteiger charge is -2.09. The van der Waals surface area contributed by atoms with Crippen LogP contribution in [0.4, 0.5) is 0 Å². The number of nitrogens with zero attached hydrogens (tertiary/aromatic N) is 6. The minimum Gasteiger partial charge on any atom is -0.274 e. The minimum absolute atomic E-state index is 0.0161. The van der Waals surface area contributed by atoms with Gasteiger partial charge in [-0.1, -0.05) is 88.1 Å². The summed E-state index contributed by atoms with van der Waals surface area (Å²) in [5.74, 6) is 1.53. The number of aryl methyl sites for hydroxylation is 2. The third-order valence-electron chi connectivity index (χ3n) is 6.07. The van der Waals surface area contributed by atoms with E-state index in [0.717, 1.165) is 47.3 Å². The molecule has 0 fully saturated rings. The van der Waals surface area contributed by atoms with Crippen LogP contribution in [0.1, 0.15) is 63.8 Å². The molecule has 0 saturated carbocycles. The maximum absolute atomic E-state index is 13.0. The van der Waals surface area contributed by atoms with Crippen molar-refractivity contribution >= 4 is 0 Å². The molecule has 2 aromatic carbocycles. The zero-order valence-electron chi connectivity index (χ0n) is 20.1. The molecular weight excluding hydrogens is 426 g/mol. The molecular formula is C26H33N7O. The molecule has 0 aliphatic carbocycles. The highest BCUT2D eigenvalue weighted by Crippen LogP contribution is 2.29. The Balaban J connectivity index is 1.54. The summed E-state index contributed by atoms with van der Waals surface area (Å²) in [7, 11) is 0. The van der Waals surface area contributed by atoms with Crippen molar-refractivity contribution in [3.63, 3.8) is 0 Å². The number of unbranched alkanes of at least 4 members (excludes halogenated alkanes) is 4. The van der Waals surface area contributed by atoms with Crippen molar-refractivity contribution in [3.8, 4) is 22.5 Å². The maximum Gasteiger partial charge on any atom is 0.346 e. The van der Waals surface area contributed by atoms with Crippen LogP contribution in [0.15, 0.2) is 53.3 Å². The molecule has 0 radical (unpaired) electrons. The van der Waals surface area contributed by atoms with Crippen LogP contribution in [0.3, 0.4) is 0 Å². The van der Waals surface area contributed by atoms with Crippen LogP contribution >= 0.6 is 0 Å². The number of benzene rings is 2. The quantitative estimate of drug-likeness (QED) is 0.305. The second-order valence-electron chi connectivity index (χ2n) is 8.66. The minimum atomic E-state index is -0.0161. The molecule has 2 aromatic heterocycles. The molecule has 0 spiro atoms. The Morgan fingerprint density at radius 2 is 1.65 bits per heavy atom. The lowest BCUT2D eigenvalue weighted by molar-refractivity contribution is 0.567. The highest BCUT2D eigenvalue weighted by Gasteiger charge is 2.14. The second-order valence-corrected chi connectivity index (χ2v) is 8.66. The molecule has 0 amide bonds. The summed E-state index contributed by atoms with van der Waals surface area (Å²) < 4.78 is 3.47. The van der Waals surface area contributed by atoms with E-state index in [2.05, 4.69) is 69.9 Å². The van der Waals surface area contributed by atoms with Crippen molar-refractivity contribution in [3.05, 3.63) is 70.4 Å². The van der Waals surface area contributed by atoms with Gasteiger partial charge < -0.3 is 0 Å². The number of hydrogen-bond donors (Lipinski definition) is 1. The number of aromatic amines is 1. The normalized spacial score (nSPS) is 11.2. The molecule has 0 aliphatic heterocycles. The van der Waals surface area contributed by atoms with Gasteiger partial charge in [0.2, 0.25) is 0 Å². The summed E-state index contributed by atoms with van der Waals surface area (Å²) >= 11 is 0. The van der Waals surface area contributed by atoms with E-state index in [1.54, 1.807) is 4.68 Å². The van der Waals surface area contributed by atoms with Gasteiger partial charge in [0.05, 0.1) is 6.54 Å². The first-order valence-electron chi connectivity index (χ1n) is 12.3. The van der Waals surface area contributed by atoms with E-state index >= 15 is 0 Å². The highest BCUT2D eigenvalue weighted by atomic mass is 16.2. The summed E-state index contributed by atoms with van der Waals surface area (Å²) in [6.07, 6.45) is 7.70. The zero-order chi connectivity index (χ0) is 23.8. The fourth-order valence-corrected chi connectivity index (χ4v) is 4.26. The third kappa shape index (κ3) is 5.50. The van der Waals surface area contributed by atoms with E-state index in [-0.39, 0.29) is 5.69 Å². The molecule has 34 heavy (non-hydrogen) atoms. The van der Waals surface area contributed by atoms with Gasteiger partial charge in [0.15, 0.2) is 5.82 Å². The maximum atomic E-state index is 13.0. The number of H-pyrrole nitrogens is 1. The number of rotatable bonds is 12. The Bertz CT molecular complexity index is 1220. The Labute approximate surface area is 200 Å². The summed E-state index contributed by atoms with van der Waals surface area (Å²) in [4.78, 5) is 13.0. The van der Waals surface area contributed by atoms with Gasteiger partial charge in [-0.05, 0) is 40.0 Å². The molecule has 0 unspecified atom stereocenters. The van der Waals surface area contributed by atoms with Crippen molar-refractivity contribution in [2.24, 2.45) is 0 Å². The Kier molecular flexibility index (Phi) is 8.01. The van der Waals surface area contributed by atoms with E-state index in [4.69, 9.17) is 0 Å². The first-order valence-corrected chi connectivity index (χ1v) is 12.3. The largest absolute Gasteiger partial charge is 0.346 e. The van der Waals surface area contributed by atoms with Gasteiger partial charge in [0, 0.05) is 18.5 Å². The number of aromatic nitrogens is 7. The molecule has 4 aromatic rings. The van der Waals surface area contributed by atoms with Gasteiger partial charge in [-0.15, -0.1) is 5.10 Å². The lowest BCUT2D eigenvalue weighted by Crippen LogP contribution is -2.26. The van der Waals surface area contributed by atoms with Gasteiger partial charge in [-0.3, -0.25) is 4.57 Å². The van der Waals surface area contributed by atoms with Crippen molar-refractivity contribution < 1.29 is 0 Å². The van der Waals surface area contributed by atoms with Crippen LogP contribution in [-0.2, 0) is 19.5 Å². The average Bonchev–Trinajstić information content (AvgIpc) is 3.50. The fourth-order valence-electron chi connectivity index (χ4n) is 4.26. The van der Waals surface area contributed by atoms with Gasteiger partial charge in [-0.25, -0.2) is 14.6 Å². The van der Waals surface area contributed by atoms with Gasteiger partial charge in [0.1, 0.15) is 5.82 Å². The molecule has 0 atom stereocenters. The highest BCUT2D eigenvalue weighted by molar-refractivity contribution is 5.80. The zero-order valence-corrected chi connectivity index (χ0v) is 20.1. The van der Waals surface area contributed by atoms with E-state index < -0.39 is 0 Å². The van der Waals surface area contributed by atoms with Crippen molar-refractivity contribution in [2.75, 3.05) is 0 Å². The fraction of sp³-hybridized carbons (Fsp3) is 0.423. The van der Waals surface area contributed by atoms with E-state index in [1.165, 1.54) is 25.7 Å². The summed E-state index contributed by atoms with van der Waals surface area (Å²) in [6, 6.07) is 16.4. The van der Waals surface area contributed by atoms with Crippen LogP contribution in [0.5, 0.6) is 0 Å². The first kappa shape index (κ1) is 23.6. The van der Waals surface area contributed by atoms with Crippen LogP contribution in [0.2, 0.25) is 0 Å². The first-order chi connectivity index (χ1) is 16.7. The van der Waals surface area contributed by atoms with Crippen LogP contribution in [0, 0.1) is 0 Å². The average molecular weight is 460 g/mol. The van der Waals surface area contributed by atoms with E-state index in [0.29, 0.717) is 18.9 Å².